The van der Waals surface area contributed by atoms with Crippen molar-refractivity contribution in [2.45, 2.75) is 45.6 Å². The lowest BCUT2D eigenvalue weighted by molar-refractivity contribution is -0.122. The Morgan fingerprint density at radius 3 is 2.64 bits per heavy atom. The second kappa shape index (κ2) is 3.34. The van der Waals surface area contributed by atoms with Crippen LogP contribution in [0.5, 0.6) is 0 Å². The lowest BCUT2D eigenvalue weighted by Gasteiger charge is -2.45. The lowest BCUT2D eigenvalue weighted by atomic mass is 9.60. The first kappa shape index (κ1) is 10.2. The van der Waals surface area contributed by atoms with Gasteiger partial charge in [-0.05, 0) is 37.6 Å². The zero-order valence-corrected chi connectivity index (χ0v) is 9.55. The van der Waals surface area contributed by atoms with Gasteiger partial charge in [-0.3, -0.25) is 9.69 Å². The molecule has 0 amide bonds. The molecule has 1 heterocycles. The first-order valence-electron chi connectivity index (χ1n) is 5.82. The number of rotatable bonds is 2. The molecule has 3 atom stereocenters. The van der Waals surface area contributed by atoms with E-state index in [0.29, 0.717) is 17.6 Å². The summed E-state index contributed by atoms with van der Waals surface area (Å²) in [6.45, 7) is 5.46. The van der Waals surface area contributed by atoms with Gasteiger partial charge in [0.15, 0.2) is 0 Å². The summed E-state index contributed by atoms with van der Waals surface area (Å²) in [7, 11) is 2.11. The highest BCUT2D eigenvalue weighted by Gasteiger charge is 2.52. The number of Topliss-reactive ketones (excluding diaryl/α,β-unsaturated/α-hetero) is 1. The van der Waals surface area contributed by atoms with Crippen LogP contribution in [0.15, 0.2) is 0 Å². The van der Waals surface area contributed by atoms with Crippen LogP contribution < -0.4 is 0 Å². The Morgan fingerprint density at radius 2 is 2.29 bits per heavy atom. The zero-order chi connectivity index (χ0) is 10.3. The summed E-state index contributed by atoms with van der Waals surface area (Å²) in [6, 6.07) is 0.225. The molecule has 0 N–H and O–H groups in total. The summed E-state index contributed by atoms with van der Waals surface area (Å²) in [4.78, 5) is 14.0. The summed E-state index contributed by atoms with van der Waals surface area (Å²) in [5.41, 5.74) is 0.504. The fraction of sp³-hybridized carbons (Fsp3) is 0.917. The molecule has 80 valence electrons. The van der Waals surface area contributed by atoms with Crippen molar-refractivity contribution in [3.8, 4) is 0 Å². The number of nitrogens with zero attached hydrogens (tertiary/aromatic N) is 1. The maximum Gasteiger partial charge on any atom is 0.149 e. The van der Waals surface area contributed by atoms with Crippen LogP contribution in [0.4, 0.5) is 0 Å². The van der Waals surface area contributed by atoms with E-state index in [0.717, 1.165) is 18.9 Å². The Hall–Kier alpha value is -0.370. The van der Waals surface area contributed by atoms with E-state index in [9.17, 15) is 4.79 Å². The number of carbonyl (C=O) groups excluding carboxylic acids is 1. The molecule has 1 spiro atoms. The quantitative estimate of drug-likeness (QED) is 0.672. The second-order valence-corrected chi connectivity index (χ2v) is 5.26. The van der Waals surface area contributed by atoms with Crippen molar-refractivity contribution < 1.29 is 4.79 Å². The highest BCUT2D eigenvalue weighted by molar-refractivity contribution is 5.84. The predicted octanol–water partition coefficient (Wildman–Crippen LogP) is 2.09. The van der Waals surface area contributed by atoms with Crippen molar-refractivity contribution in [1.29, 1.82) is 0 Å². The molecule has 2 aliphatic rings. The SMILES string of the molecule is CCC(=O)[C@@H]1CC2(CCC2C)CN1C. The van der Waals surface area contributed by atoms with E-state index in [2.05, 4.69) is 18.9 Å². The van der Waals surface area contributed by atoms with Crippen LogP contribution in [0.3, 0.4) is 0 Å². The molecule has 0 aromatic rings. The van der Waals surface area contributed by atoms with Gasteiger partial charge in [-0.15, -0.1) is 0 Å². The van der Waals surface area contributed by atoms with Gasteiger partial charge >= 0.3 is 0 Å². The van der Waals surface area contributed by atoms with E-state index in [-0.39, 0.29) is 6.04 Å². The van der Waals surface area contributed by atoms with Gasteiger partial charge in [0.2, 0.25) is 0 Å². The largest absolute Gasteiger partial charge is 0.298 e. The van der Waals surface area contributed by atoms with Gasteiger partial charge in [-0.2, -0.15) is 0 Å². The Bertz CT molecular complexity index is 251. The summed E-state index contributed by atoms with van der Waals surface area (Å²) >= 11 is 0. The van der Waals surface area contributed by atoms with Gasteiger partial charge in [-0.1, -0.05) is 13.8 Å². The normalized spacial score (nSPS) is 42.8. The average Bonchev–Trinajstić information content (AvgIpc) is 2.55. The van der Waals surface area contributed by atoms with Gasteiger partial charge in [0.05, 0.1) is 6.04 Å². The van der Waals surface area contributed by atoms with Crippen LogP contribution in [-0.4, -0.2) is 30.3 Å². The molecule has 2 rings (SSSR count). The van der Waals surface area contributed by atoms with Crippen molar-refractivity contribution in [3.63, 3.8) is 0 Å². The third kappa shape index (κ3) is 1.31. The summed E-state index contributed by atoms with van der Waals surface area (Å²) in [5, 5.41) is 0. The van der Waals surface area contributed by atoms with Gasteiger partial charge in [0.1, 0.15) is 5.78 Å². The molecule has 1 aliphatic carbocycles. The van der Waals surface area contributed by atoms with Gasteiger partial charge in [-0.25, -0.2) is 0 Å². The standard InChI is InChI=1S/C12H21NO/c1-4-11(14)10-7-12(8-13(10)3)6-5-9(12)2/h9-10H,4-8H2,1-3H3/t9?,10-,12?/m0/s1. The van der Waals surface area contributed by atoms with Gasteiger partial charge in [0.25, 0.3) is 0 Å². The Morgan fingerprint density at radius 1 is 1.57 bits per heavy atom. The fourth-order valence-electron chi connectivity index (χ4n) is 3.19. The first-order chi connectivity index (χ1) is 6.59. The molecule has 1 saturated carbocycles. The second-order valence-electron chi connectivity index (χ2n) is 5.26. The summed E-state index contributed by atoms with van der Waals surface area (Å²) < 4.78 is 0. The van der Waals surface area contributed by atoms with E-state index < -0.39 is 0 Å². The molecular weight excluding hydrogens is 174 g/mol. The van der Waals surface area contributed by atoms with E-state index in [1.165, 1.54) is 12.8 Å². The van der Waals surface area contributed by atoms with Crippen LogP contribution in [0, 0.1) is 11.3 Å². The molecule has 2 unspecified atom stereocenters. The number of carbonyl (C=O) groups is 1. The molecule has 0 radical (unpaired) electrons. The minimum absolute atomic E-state index is 0.225. The van der Waals surface area contributed by atoms with E-state index in [4.69, 9.17) is 0 Å². The first-order valence-corrected chi connectivity index (χ1v) is 5.82. The van der Waals surface area contributed by atoms with Crippen molar-refractivity contribution in [2.75, 3.05) is 13.6 Å². The van der Waals surface area contributed by atoms with Gasteiger partial charge in [0, 0.05) is 13.0 Å². The molecule has 2 heteroatoms. The number of hydrogen-bond acceptors (Lipinski definition) is 2. The van der Waals surface area contributed by atoms with Crippen LogP contribution in [0.2, 0.25) is 0 Å². The summed E-state index contributed by atoms with van der Waals surface area (Å²) in [6.07, 6.45) is 4.52. The van der Waals surface area contributed by atoms with Gasteiger partial charge < -0.3 is 0 Å². The maximum atomic E-state index is 11.7. The smallest absolute Gasteiger partial charge is 0.149 e. The topological polar surface area (TPSA) is 20.3 Å². The monoisotopic (exact) mass is 195 g/mol. The molecule has 2 nitrogen and oxygen atoms in total. The molecular formula is C12H21NO. The van der Waals surface area contributed by atoms with Crippen LogP contribution in [-0.2, 0) is 4.79 Å². The fourth-order valence-corrected chi connectivity index (χ4v) is 3.19. The number of ketones is 1. The van der Waals surface area contributed by atoms with Crippen LogP contribution >= 0.6 is 0 Å². The Balaban J connectivity index is 2.07. The molecule has 0 bridgehead atoms. The summed E-state index contributed by atoms with van der Waals surface area (Å²) in [5.74, 6) is 1.27. The highest BCUT2D eigenvalue weighted by Crippen LogP contribution is 2.54. The molecule has 0 aromatic carbocycles. The number of likely N-dealkylation sites (N-methyl/N-ethyl adjacent to an activating group) is 1. The van der Waals surface area contributed by atoms with Crippen LogP contribution in [0.1, 0.15) is 39.5 Å². The molecule has 1 aliphatic heterocycles. The maximum absolute atomic E-state index is 11.7. The van der Waals surface area contributed by atoms with Crippen molar-refractivity contribution in [3.05, 3.63) is 0 Å². The average molecular weight is 195 g/mol. The highest BCUT2D eigenvalue weighted by atomic mass is 16.1. The minimum Gasteiger partial charge on any atom is -0.298 e. The third-order valence-electron chi connectivity index (χ3n) is 4.54. The van der Waals surface area contributed by atoms with Crippen LogP contribution in [0.25, 0.3) is 0 Å². The molecule has 2 fully saturated rings. The van der Waals surface area contributed by atoms with E-state index in [1.807, 2.05) is 6.92 Å². The van der Waals surface area contributed by atoms with E-state index >= 15 is 0 Å². The number of hydrogen-bond donors (Lipinski definition) is 0. The predicted molar refractivity (Wildman–Crippen MR) is 57.2 cm³/mol. The minimum atomic E-state index is 0.225. The lowest BCUT2D eigenvalue weighted by Crippen LogP contribution is -2.40. The Labute approximate surface area is 86.7 Å². The number of likely N-dealkylation sites (tertiary alicyclic amines) is 1. The molecule has 0 aromatic heterocycles. The molecule has 14 heavy (non-hydrogen) atoms. The Kier molecular flexibility index (Phi) is 2.42. The van der Waals surface area contributed by atoms with Crippen molar-refractivity contribution in [1.82, 2.24) is 4.90 Å². The van der Waals surface area contributed by atoms with Crippen molar-refractivity contribution in [2.24, 2.45) is 11.3 Å². The third-order valence-corrected chi connectivity index (χ3v) is 4.54. The van der Waals surface area contributed by atoms with E-state index in [1.54, 1.807) is 0 Å². The van der Waals surface area contributed by atoms with Crippen molar-refractivity contribution >= 4 is 5.78 Å². The molecule has 1 saturated heterocycles. The zero-order valence-electron chi connectivity index (χ0n) is 9.55.